The predicted octanol–water partition coefficient (Wildman–Crippen LogP) is 6.31. The first kappa shape index (κ1) is 18.2. The molecule has 0 bridgehead atoms. The van der Waals surface area contributed by atoms with Gasteiger partial charge in [0.25, 0.3) is 0 Å². The fourth-order valence-electron chi connectivity index (χ4n) is 3.08. The largest absolute Gasteiger partial charge is 0.507 e. The van der Waals surface area contributed by atoms with E-state index in [1.54, 1.807) is 0 Å². The van der Waals surface area contributed by atoms with Gasteiger partial charge in [-0.05, 0) is 23.0 Å². The highest BCUT2D eigenvalue weighted by molar-refractivity contribution is 5.70. The van der Waals surface area contributed by atoms with Crippen LogP contribution in [0.3, 0.4) is 0 Å². The van der Waals surface area contributed by atoms with Crippen LogP contribution in [0.4, 0.5) is 0 Å². The molecule has 3 nitrogen and oxygen atoms in total. The van der Waals surface area contributed by atoms with Crippen LogP contribution >= 0.6 is 0 Å². The van der Waals surface area contributed by atoms with Gasteiger partial charge < -0.3 is 9.63 Å². The minimum Gasteiger partial charge on any atom is -0.507 e. The number of nitrogens with zero attached hydrogens (tertiary/aromatic N) is 1. The molecule has 1 heterocycles. The second kappa shape index (κ2) is 6.31. The van der Waals surface area contributed by atoms with E-state index in [1.165, 1.54) is 0 Å². The lowest BCUT2D eigenvalue weighted by molar-refractivity contribution is 0.423. The summed E-state index contributed by atoms with van der Waals surface area (Å²) in [5.41, 5.74) is 4.23. The van der Waals surface area contributed by atoms with Gasteiger partial charge in [-0.25, -0.2) is 0 Å². The molecule has 0 saturated carbocycles. The molecule has 0 aliphatic rings. The number of aromatic nitrogens is 1. The minimum atomic E-state index is -0.175. The number of hydrogen-bond acceptors (Lipinski definition) is 3. The third-order valence-electron chi connectivity index (χ3n) is 4.59. The number of phenols is 1. The zero-order valence-corrected chi connectivity index (χ0v) is 16.4. The molecule has 3 aromatic rings. The van der Waals surface area contributed by atoms with Crippen LogP contribution < -0.4 is 0 Å². The van der Waals surface area contributed by atoms with Crippen molar-refractivity contribution in [3.63, 3.8) is 0 Å². The normalized spacial score (nSPS) is 12.4. The minimum absolute atomic E-state index is 0.175. The molecule has 0 unspecified atom stereocenters. The Labute approximate surface area is 155 Å². The summed E-state index contributed by atoms with van der Waals surface area (Å²) in [6, 6.07) is 16.0. The van der Waals surface area contributed by atoms with Crippen LogP contribution in [-0.4, -0.2) is 10.3 Å². The number of rotatable bonds is 2. The van der Waals surface area contributed by atoms with Gasteiger partial charge in [0.05, 0.1) is 0 Å². The van der Waals surface area contributed by atoms with Gasteiger partial charge in [0.15, 0.2) is 5.76 Å². The van der Waals surface area contributed by atoms with E-state index in [1.807, 2.05) is 48.5 Å². The van der Waals surface area contributed by atoms with Crippen molar-refractivity contribution in [3.05, 3.63) is 59.7 Å². The molecule has 1 aromatic heterocycles. The molecule has 3 heteroatoms. The zero-order chi connectivity index (χ0) is 19.1. The third-order valence-corrected chi connectivity index (χ3v) is 4.59. The molecule has 0 amide bonds. The number of benzene rings is 2. The van der Waals surface area contributed by atoms with Gasteiger partial charge in [0.2, 0.25) is 0 Å². The molecule has 136 valence electrons. The first-order chi connectivity index (χ1) is 12.1. The molecule has 0 aliphatic heterocycles. The molecule has 0 fully saturated rings. The van der Waals surface area contributed by atoms with Crippen LogP contribution in [-0.2, 0) is 10.8 Å². The summed E-state index contributed by atoms with van der Waals surface area (Å²) < 4.78 is 5.57. The molecule has 0 aliphatic carbocycles. The Kier molecular flexibility index (Phi) is 4.43. The van der Waals surface area contributed by atoms with Gasteiger partial charge in [0, 0.05) is 28.3 Å². The van der Waals surface area contributed by atoms with Gasteiger partial charge >= 0.3 is 0 Å². The van der Waals surface area contributed by atoms with Gasteiger partial charge in [-0.3, -0.25) is 0 Å². The molecule has 1 N–H and O–H groups in total. The lowest BCUT2D eigenvalue weighted by Gasteiger charge is -2.28. The molecule has 2 aromatic carbocycles. The fourth-order valence-corrected chi connectivity index (χ4v) is 3.08. The van der Waals surface area contributed by atoms with Crippen LogP contribution in [0.25, 0.3) is 22.6 Å². The van der Waals surface area contributed by atoms with E-state index in [9.17, 15) is 5.11 Å². The molecule has 3 rings (SSSR count). The van der Waals surface area contributed by atoms with E-state index in [0.29, 0.717) is 5.75 Å². The molecule has 0 spiro atoms. The average Bonchev–Trinajstić information content (AvgIpc) is 3.03. The Bertz CT molecular complexity index is 874. The summed E-state index contributed by atoms with van der Waals surface area (Å²) in [6.45, 7) is 12.6. The van der Waals surface area contributed by atoms with Crippen molar-refractivity contribution < 1.29 is 9.63 Å². The maximum atomic E-state index is 10.9. The highest BCUT2D eigenvalue weighted by Crippen LogP contribution is 2.42. The fraction of sp³-hybridized carbons (Fsp3) is 0.348. The SMILES string of the molecule is CC(C)(C)c1cc(-c2cc(-c3ccccc3)on2)cc(C(C)(C)C)c1O. The van der Waals surface area contributed by atoms with Crippen LogP contribution in [0.5, 0.6) is 5.75 Å². The van der Waals surface area contributed by atoms with Crippen molar-refractivity contribution in [3.8, 4) is 28.3 Å². The van der Waals surface area contributed by atoms with E-state index in [4.69, 9.17) is 4.52 Å². The second-order valence-corrected chi connectivity index (χ2v) is 8.86. The average molecular weight is 349 g/mol. The van der Waals surface area contributed by atoms with E-state index >= 15 is 0 Å². The summed E-state index contributed by atoms with van der Waals surface area (Å²) in [7, 11) is 0. The highest BCUT2D eigenvalue weighted by atomic mass is 16.5. The van der Waals surface area contributed by atoms with Crippen LogP contribution in [0.2, 0.25) is 0 Å². The molecular formula is C23H27NO2. The number of hydrogen-bond donors (Lipinski definition) is 1. The number of aromatic hydroxyl groups is 1. The van der Waals surface area contributed by atoms with Gasteiger partial charge in [-0.15, -0.1) is 0 Å². The molecule has 0 atom stereocenters. The van der Waals surface area contributed by atoms with Crippen molar-refractivity contribution in [1.82, 2.24) is 5.16 Å². The van der Waals surface area contributed by atoms with E-state index < -0.39 is 0 Å². The Hall–Kier alpha value is -2.55. The summed E-state index contributed by atoms with van der Waals surface area (Å²) in [5, 5.41) is 15.2. The lowest BCUT2D eigenvalue weighted by atomic mass is 9.78. The molecule has 0 saturated heterocycles. The first-order valence-electron chi connectivity index (χ1n) is 8.98. The van der Waals surface area contributed by atoms with Crippen molar-refractivity contribution in [2.24, 2.45) is 0 Å². The zero-order valence-electron chi connectivity index (χ0n) is 16.4. The van der Waals surface area contributed by atoms with E-state index in [0.717, 1.165) is 33.7 Å². The number of phenolic OH excluding ortho intramolecular Hbond substituents is 1. The Morgan fingerprint density at radius 2 is 1.31 bits per heavy atom. The molecular weight excluding hydrogens is 322 g/mol. The predicted molar refractivity (Wildman–Crippen MR) is 106 cm³/mol. The van der Waals surface area contributed by atoms with Crippen molar-refractivity contribution >= 4 is 0 Å². The Balaban J connectivity index is 2.15. The van der Waals surface area contributed by atoms with Gasteiger partial charge in [-0.1, -0.05) is 77.0 Å². The topological polar surface area (TPSA) is 46.3 Å². The summed E-state index contributed by atoms with van der Waals surface area (Å²) in [5.74, 6) is 1.11. The second-order valence-electron chi connectivity index (χ2n) is 8.86. The first-order valence-corrected chi connectivity index (χ1v) is 8.98. The monoisotopic (exact) mass is 349 g/mol. The molecule has 26 heavy (non-hydrogen) atoms. The van der Waals surface area contributed by atoms with Crippen molar-refractivity contribution in [2.75, 3.05) is 0 Å². The van der Waals surface area contributed by atoms with Crippen LogP contribution in [0.15, 0.2) is 53.1 Å². The third kappa shape index (κ3) is 3.52. The van der Waals surface area contributed by atoms with Gasteiger partial charge in [-0.2, -0.15) is 0 Å². The maximum Gasteiger partial charge on any atom is 0.167 e. The van der Waals surface area contributed by atoms with Crippen molar-refractivity contribution in [1.29, 1.82) is 0 Å². The summed E-state index contributed by atoms with van der Waals surface area (Å²) in [6.07, 6.45) is 0. The lowest BCUT2D eigenvalue weighted by Crippen LogP contribution is -2.17. The maximum absolute atomic E-state index is 10.9. The smallest absolute Gasteiger partial charge is 0.167 e. The van der Waals surface area contributed by atoms with Crippen LogP contribution in [0, 0.1) is 0 Å². The van der Waals surface area contributed by atoms with E-state index in [2.05, 4.69) is 46.7 Å². The van der Waals surface area contributed by atoms with Crippen molar-refractivity contribution in [2.45, 2.75) is 52.4 Å². The summed E-state index contributed by atoms with van der Waals surface area (Å²) in [4.78, 5) is 0. The standard InChI is InChI=1S/C23H27NO2/c1-22(2,3)17-12-16(13-18(21(17)25)23(4,5)6)19-14-20(26-24-19)15-10-8-7-9-11-15/h7-14,25H,1-6H3. The van der Waals surface area contributed by atoms with Gasteiger partial charge in [0.1, 0.15) is 11.4 Å². The van der Waals surface area contributed by atoms with E-state index in [-0.39, 0.29) is 10.8 Å². The molecule has 0 radical (unpaired) electrons. The highest BCUT2D eigenvalue weighted by Gasteiger charge is 2.27. The Morgan fingerprint density at radius 1 is 0.769 bits per heavy atom. The summed E-state index contributed by atoms with van der Waals surface area (Å²) >= 11 is 0. The Morgan fingerprint density at radius 3 is 1.81 bits per heavy atom. The van der Waals surface area contributed by atoms with Crippen LogP contribution in [0.1, 0.15) is 52.7 Å². The quantitative estimate of drug-likeness (QED) is 0.590.